The van der Waals surface area contributed by atoms with Gasteiger partial charge < -0.3 is 15.8 Å². The Hall–Kier alpha value is -2.20. The van der Waals surface area contributed by atoms with Gasteiger partial charge in [0.2, 0.25) is 0 Å². The molecule has 0 fully saturated rings. The van der Waals surface area contributed by atoms with Crippen LogP contribution in [0.25, 0.3) is 0 Å². The monoisotopic (exact) mass is 290 g/mol. The first-order valence-electron chi connectivity index (χ1n) is 6.07. The molecule has 0 bridgehead atoms. The van der Waals surface area contributed by atoms with Crippen molar-refractivity contribution in [3.05, 3.63) is 58.6 Å². The van der Waals surface area contributed by atoms with Gasteiger partial charge in [0, 0.05) is 17.7 Å². The minimum absolute atomic E-state index is 0.209. The molecule has 3 N–H and O–H groups in total. The van der Waals surface area contributed by atoms with E-state index in [1.165, 1.54) is 0 Å². The number of amides is 1. The van der Waals surface area contributed by atoms with Gasteiger partial charge >= 0.3 is 0 Å². The van der Waals surface area contributed by atoms with Gasteiger partial charge in [0.1, 0.15) is 5.75 Å². The van der Waals surface area contributed by atoms with Crippen molar-refractivity contribution in [2.75, 3.05) is 12.8 Å². The predicted octanol–water partition coefficient (Wildman–Crippen LogP) is 2.86. The first kappa shape index (κ1) is 14.2. The van der Waals surface area contributed by atoms with Crippen molar-refractivity contribution in [1.29, 1.82) is 0 Å². The Morgan fingerprint density at radius 2 is 2.05 bits per heavy atom. The van der Waals surface area contributed by atoms with E-state index in [0.717, 1.165) is 11.3 Å². The van der Waals surface area contributed by atoms with Crippen LogP contribution < -0.4 is 15.8 Å². The molecule has 1 amide bonds. The quantitative estimate of drug-likeness (QED) is 0.851. The summed E-state index contributed by atoms with van der Waals surface area (Å²) in [6.07, 6.45) is 0. The first-order valence-corrected chi connectivity index (χ1v) is 6.44. The SMILES string of the molecule is COc1ccccc1CNC(=O)c1ccc(Cl)c(N)c1. The summed E-state index contributed by atoms with van der Waals surface area (Å²) in [5, 5.41) is 3.26. The normalized spacial score (nSPS) is 10.1. The van der Waals surface area contributed by atoms with E-state index < -0.39 is 0 Å². The van der Waals surface area contributed by atoms with Gasteiger partial charge in [0.05, 0.1) is 17.8 Å². The molecule has 0 aromatic heterocycles. The molecule has 20 heavy (non-hydrogen) atoms. The number of carbonyl (C=O) groups excluding carboxylic acids is 1. The van der Waals surface area contributed by atoms with Crippen LogP contribution in [0.3, 0.4) is 0 Å². The van der Waals surface area contributed by atoms with Gasteiger partial charge in [-0.05, 0) is 24.3 Å². The Morgan fingerprint density at radius 1 is 1.30 bits per heavy atom. The highest BCUT2D eigenvalue weighted by atomic mass is 35.5. The molecule has 0 aliphatic heterocycles. The van der Waals surface area contributed by atoms with Crippen LogP contribution in [0.15, 0.2) is 42.5 Å². The lowest BCUT2D eigenvalue weighted by molar-refractivity contribution is 0.0950. The van der Waals surface area contributed by atoms with Gasteiger partial charge in [0.25, 0.3) is 5.91 Å². The van der Waals surface area contributed by atoms with Crippen molar-refractivity contribution in [2.45, 2.75) is 6.54 Å². The molecule has 2 aromatic rings. The Morgan fingerprint density at radius 3 is 2.75 bits per heavy atom. The third kappa shape index (κ3) is 3.22. The fraction of sp³-hybridized carbons (Fsp3) is 0.133. The van der Waals surface area contributed by atoms with E-state index in [4.69, 9.17) is 22.1 Å². The summed E-state index contributed by atoms with van der Waals surface area (Å²) in [6.45, 7) is 0.380. The second-order valence-electron chi connectivity index (χ2n) is 4.23. The maximum absolute atomic E-state index is 12.0. The highest BCUT2D eigenvalue weighted by molar-refractivity contribution is 6.33. The molecule has 2 rings (SSSR count). The van der Waals surface area contributed by atoms with E-state index in [2.05, 4.69) is 5.32 Å². The van der Waals surface area contributed by atoms with Crippen molar-refractivity contribution in [3.8, 4) is 5.75 Å². The highest BCUT2D eigenvalue weighted by Crippen LogP contribution is 2.20. The summed E-state index contributed by atoms with van der Waals surface area (Å²) >= 11 is 5.82. The highest BCUT2D eigenvalue weighted by Gasteiger charge is 2.08. The summed E-state index contributed by atoms with van der Waals surface area (Å²) in [5.74, 6) is 0.530. The summed E-state index contributed by atoms with van der Waals surface area (Å²) in [7, 11) is 1.60. The molecule has 2 aromatic carbocycles. The number of nitrogens with two attached hydrogens (primary N) is 1. The largest absolute Gasteiger partial charge is 0.496 e. The zero-order valence-electron chi connectivity index (χ0n) is 11.0. The topological polar surface area (TPSA) is 64.3 Å². The number of halogens is 1. The van der Waals surface area contributed by atoms with Crippen LogP contribution in [0.4, 0.5) is 5.69 Å². The second-order valence-corrected chi connectivity index (χ2v) is 4.64. The number of benzene rings is 2. The van der Waals surface area contributed by atoms with Gasteiger partial charge in [-0.25, -0.2) is 0 Å². The molecule has 0 saturated heterocycles. The van der Waals surface area contributed by atoms with E-state index in [0.29, 0.717) is 22.8 Å². The lowest BCUT2D eigenvalue weighted by atomic mass is 10.1. The second kappa shape index (κ2) is 6.30. The van der Waals surface area contributed by atoms with Crippen LogP contribution in [0.5, 0.6) is 5.75 Å². The number of para-hydroxylation sites is 1. The van der Waals surface area contributed by atoms with E-state index in [-0.39, 0.29) is 5.91 Å². The third-order valence-electron chi connectivity index (χ3n) is 2.89. The van der Waals surface area contributed by atoms with Gasteiger partial charge in [-0.15, -0.1) is 0 Å². The fourth-order valence-corrected chi connectivity index (χ4v) is 1.93. The van der Waals surface area contributed by atoms with E-state index in [1.807, 2.05) is 24.3 Å². The van der Waals surface area contributed by atoms with E-state index >= 15 is 0 Å². The Bertz CT molecular complexity index is 629. The van der Waals surface area contributed by atoms with Crippen molar-refractivity contribution < 1.29 is 9.53 Å². The van der Waals surface area contributed by atoms with Gasteiger partial charge in [0.15, 0.2) is 0 Å². The molecule has 0 radical (unpaired) electrons. The van der Waals surface area contributed by atoms with Gasteiger partial charge in [-0.1, -0.05) is 29.8 Å². The van der Waals surface area contributed by atoms with Crippen molar-refractivity contribution in [1.82, 2.24) is 5.32 Å². The molecule has 104 valence electrons. The molecule has 5 heteroatoms. The number of ether oxygens (including phenoxy) is 1. The molecule has 0 aliphatic carbocycles. The van der Waals surface area contributed by atoms with Crippen LogP contribution in [-0.4, -0.2) is 13.0 Å². The Labute approximate surface area is 122 Å². The smallest absolute Gasteiger partial charge is 0.251 e. The molecule has 0 saturated carbocycles. The van der Waals surface area contributed by atoms with E-state index in [9.17, 15) is 4.79 Å². The number of rotatable bonds is 4. The van der Waals surface area contributed by atoms with Crippen LogP contribution in [-0.2, 0) is 6.54 Å². The third-order valence-corrected chi connectivity index (χ3v) is 3.23. The molecule has 0 aliphatic rings. The summed E-state index contributed by atoms with van der Waals surface area (Å²) < 4.78 is 5.23. The summed E-state index contributed by atoms with van der Waals surface area (Å²) in [4.78, 5) is 12.0. The number of methoxy groups -OCH3 is 1. The maximum Gasteiger partial charge on any atom is 0.251 e. The standard InChI is InChI=1S/C15H15ClN2O2/c1-20-14-5-3-2-4-11(14)9-18-15(19)10-6-7-12(16)13(17)8-10/h2-8H,9,17H2,1H3,(H,18,19). The zero-order valence-corrected chi connectivity index (χ0v) is 11.8. The van der Waals surface area contributed by atoms with Crippen molar-refractivity contribution >= 4 is 23.2 Å². The molecular weight excluding hydrogens is 276 g/mol. The maximum atomic E-state index is 12.0. The lowest BCUT2D eigenvalue weighted by Crippen LogP contribution is -2.23. The molecule has 0 unspecified atom stereocenters. The molecule has 0 spiro atoms. The molecule has 0 atom stereocenters. The Kier molecular flexibility index (Phi) is 4.48. The number of nitrogen functional groups attached to an aromatic ring is 1. The van der Waals surface area contributed by atoms with Crippen LogP contribution in [0.1, 0.15) is 15.9 Å². The average Bonchev–Trinajstić information content (AvgIpc) is 2.47. The van der Waals surface area contributed by atoms with Gasteiger partial charge in [-0.3, -0.25) is 4.79 Å². The van der Waals surface area contributed by atoms with Crippen LogP contribution in [0.2, 0.25) is 5.02 Å². The minimum atomic E-state index is -0.209. The van der Waals surface area contributed by atoms with E-state index in [1.54, 1.807) is 25.3 Å². The number of anilines is 1. The number of carbonyl (C=O) groups is 1. The lowest BCUT2D eigenvalue weighted by Gasteiger charge is -2.10. The van der Waals surface area contributed by atoms with Crippen LogP contribution >= 0.6 is 11.6 Å². The van der Waals surface area contributed by atoms with Crippen molar-refractivity contribution in [3.63, 3.8) is 0 Å². The molecule has 4 nitrogen and oxygen atoms in total. The Balaban J connectivity index is 2.06. The number of hydrogen-bond donors (Lipinski definition) is 2. The molecule has 0 heterocycles. The van der Waals surface area contributed by atoms with Crippen LogP contribution in [0, 0.1) is 0 Å². The fourth-order valence-electron chi connectivity index (χ4n) is 1.81. The number of nitrogens with one attached hydrogen (secondary N) is 1. The predicted molar refractivity (Wildman–Crippen MR) is 80.0 cm³/mol. The molecular formula is C15H15ClN2O2. The average molecular weight is 291 g/mol. The first-order chi connectivity index (χ1) is 9.61. The summed E-state index contributed by atoms with van der Waals surface area (Å²) in [6, 6.07) is 12.3. The summed E-state index contributed by atoms with van der Waals surface area (Å²) in [5.41, 5.74) is 7.45. The van der Waals surface area contributed by atoms with Gasteiger partial charge in [-0.2, -0.15) is 0 Å². The zero-order chi connectivity index (χ0) is 14.5. The van der Waals surface area contributed by atoms with Crippen molar-refractivity contribution in [2.24, 2.45) is 0 Å². The minimum Gasteiger partial charge on any atom is -0.496 e. The number of hydrogen-bond acceptors (Lipinski definition) is 3.